The van der Waals surface area contributed by atoms with Gasteiger partial charge in [-0.2, -0.15) is 0 Å². The molecule has 1 rings (SSSR count). The van der Waals surface area contributed by atoms with Crippen LogP contribution in [0.25, 0.3) is 0 Å². The van der Waals surface area contributed by atoms with Gasteiger partial charge in [-0.25, -0.2) is 0 Å². The van der Waals surface area contributed by atoms with Gasteiger partial charge in [-0.15, -0.1) is 11.6 Å². The lowest BCUT2D eigenvalue weighted by atomic mass is 10.3. The first-order chi connectivity index (χ1) is 5.29. The van der Waals surface area contributed by atoms with E-state index in [-0.39, 0.29) is 11.3 Å². The van der Waals surface area contributed by atoms with Crippen molar-refractivity contribution in [1.82, 2.24) is 4.98 Å². The van der Waals surface area contributed by atoms with E-state index in [1.54, 1.807) is 6.20 Å². The summed E-state index contributed by atoms with van der Waals surface area (Å²) in [7, 11) is 1.45. The highest BCUT2D eigenvalue weighted by atomic mass is 35.5. The molecule has 0 saturated carbocycles. The van der Waals surface area contributed by atoms with Crippen molar-refractivity contribution in [2.24, 2.45) is 0 Å². The van der Waals surface area contributed by atoms with Crippen molar-refractivity contribution in [3.63, 3.8) is 0 Å². The van der Waals surface area contributed by atoms with Crippen LogP contribution in [0.3, 0.4) is 0 Å². The van der Waals surface area contributed by atoms with E-state index in [4.69, 9.17) is 16.3 Å². The molecule has 0 radical (unpaired) electrons. The first-order valence-corrected chi connectivity index (χ1v) is 3.63. The molecule has 0 bridgehead atoms. The predicted octanol–water partition coefficient (Wildman–Crippen LogP) is 1.12. The van der Waals surface area contributed by atoms with Crippen molar-refractivity contribution in [2.75, 3.05) is 7.11 Å². The van der Waals surface area contributed by atoms with Gasteiger partial charge in [0, 0.05) is 12.3 Å². The monoisotopic (exact) mass is 173 g/mol. The van der Waals surface area contributed by atoms with Crippen LogP contribution < -0.4 is 10.2 Å². The Labute approximate surface area is 69.0 Å². The molecule has 3 nitrogen and oxygen atoms in total. The Morgan fingerprint density at radius 1 is 1.73 bits per heavy atom. The summed E-state index contributed by atoms with van der Waals surface area (Å²) < 4.78 is 4.84. The fraction of sp³-hybridized carbons (Fsp3) is 0.286. The highest BCUT2D eigenvalue weighted by Gasteiger charge is 2.04. The Kier molecular flexibility index (Phi) is 2.54. The zero-order valence-electron chi connectivity index (χ0n) is 6.06. The summed E-state index contributed by atoms with van der Waals surface area (Å²) in [5.74, 6) is 0.543. The lowest BCUT2D eigenvalue weighted by Gasteiger charge is -2.02. The van der Waals surface area contributed by atoms with E-state index in [1.807, 2.05) is 0 Å². The van der Waals surface area contributed by atoms with E-state index in [0.29, 0.717) is 11.4 Å². The number of nitrogens with one attached hydrogen (secondary N) is 1. The van der Waals surface area contributed by atoms with E-state index in [1.165, 1.54) is 13.2 Å². The molecule has 11 heavy (non-hydrogen) atoms. The third-order valence-electron chi connectivity index (χ3n) is 1.33. The van der Waals surface area contributed by atoms with Crippen LogP contribution in [0, 0.1) is 0 Å². The molecule has 1 aromatic rings. The molecule has 0 aliphatic carbocycles. The molecule has 1 heterocycles. The number of rotatable bonds is 2. The first-order valence-electron chi connectivity index (χ1n) is 3.10. The van der Waals surface area contributed by atoms with E-state index in [9.17, 15) is 4.79 Å². The van der Waals surface area contributed by atoms with Crippen LogP contribution in [0.15, 0.2) is 17.1 Å². The Balaban J connectivity index is 3.24. The Morgan fingerprint density at radius 3 is 2.91 bits per heavy atom. The zero-order chi connectivity index (χ0) is 8.27. The van der Waals surface area contributed by atoms with Gasteiger partial charge < -0.3 is 9.72 Å². The fourth-order valence-corrected chi connectivity index (χ4v) is 1.03. The maximum absolute atomic E-state index is 11.0. The minimum absolute atomic E-state index is 0.151. The standard InChI is InChI=1S/C7H8ClNO2/c1-11-7-5(4-8)9-3-2-6(7)10/h2-3H,4H2,1H3,(H,9,10). The fourth-order valence-electron chi connectivity index (χ4n) is 0.831. The van der Waals surface area contributed by atoms with Gasteiger partial charge in [0.15, 0.2) is 5.75 Å². The van der Waals surface area contributed by atoms with Crippen LogP contribution in [0.1, 0.15) is 5.69 Å². The van der Waals surface area contributed by atoms with E-state index >= 15 is 0 Å². The average Bonchev–Trinajstić information content (AvgIpc) is 2.04. The van der Waals surface area contributed by atoms with Crippen molar-refractivity contribution in [3.8, 4) is 5.75 Å². The number of halogens is 1. The van der Waals surface area contributed by atoms with Crippen LogP contribution in [0.2, 0.25) is 0 Å². The largest absolute Gasteiger partial charge is 0.491 e. The number of methoxy groups -OCH3 is 1. The molecule has 0 unspecified atom stereocenters. The lowest BCUT2D eigenvalue weighted by Crippen LogP contribution is -2.07. The number of H-pyrrole nitrogens is 1. The molecular weight excluding hydrogens is 166 g/mol. The smallest absolute Gasteiger partial charge is 0.223 e. The molecule has 4 heteroatoms. The summed E-state index contributed by atoms with van der Waals surface area (Å²) in [4.78, 5) is 13.8. The van der Waals surface area contributed by atoms with E-state index < -0.39 is 0 Å². The average molecular weight is 174 g/mol. The first kappa shape index (κ1) is 8.14. The molecule has 0 aromatic carbocycles. The third-order valence-corrected chi connectivity index (χ3v) is 1.60. The molecule has 0 fully saturated rings. The summed E-state index contributed by atoms with van der Waals surface area (Å²) in [5, 5.41) is 0. The van der Waals surface area contributed by atoms with Crippen molar-refractivity contribution < 1.29 is 4.74 Å². The van der Waals surface area contributed by atoms with Gasteiger partial charge in [0.25, 0.3) is 0 Å². The van der Waals surface area contributed by atoms with E-state index in [0.717, 1.165) is 0 Å². The second-order valence-electron chi connectivity index (χ2n) is 1.99. The number of ether oxygens (including phenoxy) is 1. The van der Waals surface area contributed by atoms with Crippen molar-refractivity contribution in [2.45, 2.75) is 5.88 Å². The molecule has 0 aliphatic heterocycles. The van der Waals surface area contributed by atoms with E-state index in [2.05, 4.69) is 4.98 Å². The minimum atomic E-state index is -0.151. The summed E-state index contributed by atoms with van der Waals surface area (Å²) in [6, 6.07) is 1.40. The molecular formula is C7H8ClNO2. The summed E-state index contributed by atoms with van der Waals surface area (Å²) in [6.07, 6.45) is 1.54. The van der Waals surface area contributed by atoms with Gasteiger partial charge in [-0.05, 0) is 0 Å². The van der Waals surface area contributed by atoms with Crippen LogP contribution >= 0.6 is 11.6 Å². The third kappa shape index (κ3) is 1.54. The highest BCUT2D eigenvalue weighted by molar-refractivity contribution is 6.17. The van der Waals surface area contributed by atoms with Crippen LogP contribution in [-0.4, -0.2) is 12.1 Å². The number of hydrogen-bond acceptors (Lipinski definition) is 2. The SMILES string of the molecule is COc1c(CCl)[nH]ccc1=O. The number of aromatic nitrogens is 1. The van der Waals surface area contributed by atoms with Crippen molar-refractivity contribution in [3.05, 3.63) is 28.2 Å². The minimum Gasteiger partial charge on any atom is -0.491 e. The molecule has 0 saturated heterocycles. The van der Waals surface area contributed by atoms with Crippen LogP contribution in [-0.2, 0) is 5.88 Å². The van der Waals surface area contributed by atoms with Gasteiger partial charge in [0.05, 0.1) is 18.7 Å². The van der Waals surface area contributed by atoms with Gasteiger partial charge in [-0.3, -0.25) is 4.79 Å². The quantitative estimate of drug-likeness (QED) is 0.682. The predicted molar refractivity (Wildman–Crippen MR) is 43.2 cm³/mol. The molecule has 0 aliphatic rings. The second-order valence-corrected chi connectivity index (χ2v) is 2.25. The number of pyridine rings is 1. The lowest BCUT2D eigenvalue weighted by molar-refractivity contribution is 0.404. The number of hydrogen-bond donors (Lipinski definition) is 1. The normalized spacial score (nSPS) is 9.64. The summed E-state index contributed by atoms with van der Waals surface area (Å²) in [5.41, 5.74) is 0.462. The van der Waals surface area contributed by atoms with Gasteiger partial charge in [0.2, 0.25) is 5.43 Å². The second kappa shape index (κ2) is 3.44. The van der Waals surface area contributed by atoms with Crippen LogP contribution in [0.4, 0.5) is 0 Å². The molecule has 0 atom stereocenters. The highest BCUT2D eigenvalue weighted by Crippen LogP contribution is 2.10. The Bertz CT molecular complexity index is 295. The molecule has 0 spiro atoms. The van der Waals surface area contributed by atoms with Gasteiger partial charge >= 0.3 is 0 Å². The number of alkyl halides is 1. The maximum atomic E-state index is 11.0. The van der Waals surface area contributed by atoms with Gasteiger partial charge in [-0.1, -0.05) is 0 Å². The van der Waals surface area contributed by atoms with Crippen molar-refractivity contribution >= 4 is 11.6 Å². The maximum Gasteiger partial charge on any atom is 0.223 e. The Hall–Kier alpha value is -0.960. The number of aromatic amines is 1. The molecule has 0 amide bonds. The zero-order valence-corrected chi connectivity index (χ0v) is 6.81. The summed E-state index contributed by atoms with van der Waals surface area (Å²) in [6.45, 7) is 0. The van der Waals surface area contributed by atoms with Crippen molar-refractivity contribution in [1.29, 1.82) is 0 Å². The van der Waals surface area contributed by atoms with Gasteiger partial charge in [0.1, 0.15) is 0 Å². The summed E-state index contributed by atoms with van der Waals surface area (Å²) >= 11 is 5.53. The van der Waals surface area contributed by atoms with Crippen LogP contribution in [0.5, 0.6) is 5.75 Å². The molecule has 1 aromatic heterocycles. The Morgan fingerprint density at radius 2 is 2.45 bits per heavy atom. The molecule has 1 N–H and O–H groups in total. The topological polar surface area (TPSA) is 42.1 Å². The molecule has 60 valence electrons.